The van der Waals surface area contributed by atoms with E-state index in [2.05, 4.69) is 54.6 Å². The van der Waals surface area contributed by atoms with Crippen LogP contribution < -0.4 is 0 Å². The number of nitrogens with zero attached hydrogens (tertiary/aromatic N) is 1. The quantitative estimate of drug-likeness (QED) is 0.345. The maximum atomic E-state index is 10.2. The van der Waals surface area contributed by atoms with Gasteiger partial charge in [-0.3, -0.25) is 0 Å². The number of aromatic hydroxyl groups is 1. The fourth-order valence-electron chi connectivity index (χ4n) is 4.26. The number of aromatic nitrogens is 1. The lowest BCUT2D eigenvalue weighted by molar-refractivity contribution is 0.480. The highest BCUT2D eigenvalue weighted by Gasteiger charge is 2.14. The number of pyridine rings is 1. The summed E-state index contributed by atoms with van der Waals surface area (Å²) in [5.41, 5.74) is 2.61. The number of hydrogen-bond acceptors (Lipinski definition) is 2. The Morgan fingerprint density at radius 2 is 1.26 bits per heavy atom. The lowest BCUT2D eigenvalue weighted by Gasteiger charge is -2.14. The fourth-order valence-corrected chi connectivity index (χ4v) is 4.26. The van der Waals surface area contributed by atoms with Gasteiger partial charge in [0.1, 0.15) is 11.3 Å². The van der Waals surface area contributed by atoms with E-state index in [0.717, 1.165) is 16.6 Å². The Hall–Kier alpha value is -3.65. The summed E-state index contributed by atoms with van der Waals surface area (Å²) in [5, 5.41) is 18.7. The Bertz CT molecular complexity index is 1480. The fraction of sp³-hybridized carbons (Fsp3) is 0. The molecule has 0 aliphatic carbocycles. The second-order valence-corrected chi connectivity index (χ2v) is 7.02. The maximum absolute atomic E-state index is 10.2. The molecule has 1 N–H and O–H groups in total. The summed E-state index contributed by atoms with van der Waals surface area (Å²) in [4.78, 5) is 4.80. The molecule has 5 aromatic carbocycles. The number of hydrogen-bond donors (Lipinski definition) is 1. The number of benzene rings is 5. The third-order valence-corrected chi connectivity index (χ3v) is 5.48. The number of phenolic OH excluding ortho intramolecular Hbond substituents is 1. The van der Waals surface area contributed by atoms with Gasteiger partial charge in [0.05, 0.1) is 5.69 Å². The number of phenols is 1. The second kappa shape index (κ2) is 5.18. The highest BCUT2D eigenvalue weighted by Crippen LogP contribution is 2.40. The van der Waals surface area contributed by atoms with Crippen LogP contribution in [0.4, 0.5) is 0 Å². The van der Waals surface area contributed by atoms with Gasteiger partial charge in [-0.2, -0.15) is 0 Å². The molecule has 2 nitrogen and oxygen atoms in total. The zero-order chi connectivity index (χ0) is 18.0. The monoisotopic (exact) mass is 345 g/mol. The Morgan fingerprint density at radius 3 is 2.15 bits per heavy atom. The minimum absolute atomic E-state index is 0.214. The van der Waals surface area contributed by atoms with Gasteiger partial charge in [-0.05, 0) is 50.5 Å². The van der Waals surface area contributed by atoms with E-state index in [1.807, 2.05) is 24.3 Å². The SMILES string of the molecule is Oc1cccc2ccc(-c3cc4cccc5ccc6cccc3c6c54)nc12. The lowest BCUT2D eigenvalue weighted by atomic mass is 9.90. The van der Waals surface area contributed by atoms with Crippen LogP contribution in [0.5, 0.6) is 5.75 Å². The van der Waals surface area contributed by atoms with Crippen molar-refractivity contribution in [2.75, 3.05) is 0 Å². The van der Waals surface area contributed by atoms with Crippen LogP contribution in [0.1, 0.15) is 0 Å². The standard InChI is InChI=1S/C25H15NO/c27-22-9-3-6-17-12-13-21(26-25(17)22)20-14-18-7-1-4-15-10-11-16-5-2-8-19(20)24(16)23(15)18/h1-14,27H. The Labute approximate surface area is 155 Å². The smallest absolute Gasteiger partial charge is 0.141 e. The second-order valence-electron chi connectivity index (χ2n) is 7.02. The van der Waals surface area contributed by atoms with Crippen molar-refractivity contribution in [3.8, 4) is 17.0 Å². The van der Waals surface area contributed by atoms with Crippen LogP contribution in [0, 0.1) is 0 Å². The van der Waals surface area contributed by atoms with E-state index >= 15 is 0 Å². The van der Waals surface area contributed by atoms with E-state index in [9.17, 15) is 5.11 Å². The third kappa shape index (κ3) is 1.98. The highest BCUT2D eigenvalue weighted by molar-refractivity contribution is 6.26. The summed E-state index contributed by atoms with van der Waals surface area (Å²) in [5.74, 6) is 0.214. The van der Waals surface area contributed by atoms with Crippen LogP contribution in [-0.2, 0) is 0 Å². The molecule has 0 radical (unpaired) electrons. The molecule has 0 spiro atoms. The van der Waals surface area contributed by atoms with Gasteiger partial charge >= 0.3 is 0 Å². The molecular formula is C25H15NO. The average Bonchev–Trinajstić information content (AvgIpc) is 2.72. The van der Waals surface area contributed by atoms with Crippen LogP contribution in [0.3, 0.4) is 0 Å². The zero-order valence-electron chi connectivity index (χ0n) is 14.5. The first-order valence-corrected chi connectivity index (χ1v) is 9.05. The van der Waals surface area contributed by atoms with E-state index in [0.29, 0.717) is 5.52 Å². The summed E-state index contributed by atoms with van der Waals surface area (Å²) < 4.78 is 0. The maximum Gasteiger partial charge on any atom is 0.141 e. The van der Waals surface area contributed by atoms with Gasteiger partial charge in [0, 0.05) is 10.9 Å². The Kier molecular flexibility index (Phi) is 2.78. The predicted octanol–water partition coefficient (Wildman–Crippen LogP) is 6.50. The molecule has 6 rings (SSSR count). The van der Waals surface area contributed by atoms with E-state index in [1.54, 1.807) is 6.07 Å². The molecule has 2 heteroatoms. The zero-order valence-corrected chi connectivity index (χ0v) is 14.5. The van der Waals surface area contributed by atoms with Crippen molar-refractivity contribution in [2.45, 2.75) is 0 Å². The van der Waals surface area contributed by atoms with Gasteiger partial charge in [-0.25, -0.2) is 4.98 Å². The third-order valence-electron chi connectivity index (χ3n) is 5.48. The predicted molar refractivity (Wildman–Crippen MR) is 113 cm³/mol. The molecule has 27 heavy (non-hydrogen) atoms. The molecule has 126 valence electrons. The molecule has 6 aromatic rings. The molecule has 0 fully saturated rings. The number of rotatable bonds is 1. The molecule has 1 aromatic heterocycles. The molecule has 0 saturated carbocycles. The van der Waals surface area contributed by atoms with Crippen molar-refractivity contribution in [3.63, 3.8) is 0 Å². The Balaban J connectivity index is 1.79. The van der Waals surface area contributed by atoms with Crippen molar-refractivity contribution in [1.29, 1.82) is 0 Å². The van der Waals surface area contributed by atoms with Gasteiger partial charge in [-0.15, -0.1) is 0 Å². The normalized spacial score (nSPS) is 11.9. The van der Waals surface area contributed by atoms with E-state index in [4.69, 9.17) is 4.98 Å². The highest BCUT2D eigenvalue weighted by atomic mass is 16.3. The molecular weight excluding hydrogens is 330 g/mol. The lowest BCUT2D eigenvalue weighted by Crippen LogP contribution is -1.90. The summed E-state index contributed by atoms with van der Waals surface area (Å²) in [6.45, 7) is 0. The first kappa shape index (κ1) is 14.5. The molecule has 1 heterocycles. The molecule has 0 amide bonds. The van der Waals surface area contributed by atoms with Gasteiger partial charge in [-0.1, -0.05) is 66.7 Å². The van der Waals surface area contributed by atoms with Crippen LogP contribution in [0.25, 0.3) is 54.5 Å². The van der Waals surface area contributed by atoms with Crippen molar-refractivity contribution >= 4 is 43.2 Å². The van der Waals surface area contributed by atoms with Crippen LogP contribution in [0.15, 0.2) is 84.9 Å². The van der Waals surface area contributed by atoms with Crippen molar-refractivity contribution in [3.05, 3.63) is 84.9 Å². The van der Waals surface area contributed by atoms with Crippen LogP contribution in [0.2, 0.25) is 0 Å². The van der Waals surface area contributed by atoms with Gasteiger partial charge in [0.25, 0.3) is 0 Å². The van der Waals surface area contributed by atoms with E-state index in [-0.39, 0.29) is 5.75 Å². The summed E-state index contributed by atoms with van der Waals surface area (Å²) >= 11 is 0. The topological polar surface area (TPSA) is 33.1 Å². The van der Waals surface area contributed by atoms with E-state index < -0.39 is 0 Å². The molecule has 0 aliphatic heterocycles. The van der Waals surface area contributed by atoms with Crippen LogP contribution >= 0.6 is 0 Å². The van der Waals surface area contributed by atoms with Crippen molar-refractivity contribution in [2.24, 2.45) is 0 Å². The van der Waals surface area contributed by atoms with Gasteiger partial charge < -0.3 is 5.11 Å². The van der Waals surface area contributed by atoms with Gasteiger partial charge in [0.2, 0.25) is 0 Å². The van der Waals surface area contributed by atoms with Crippen molar-refractivity contribution < 1.29 is 5.11 Å². The molecule has 0 aliphatic rings. The van der Waals surface area contributed by atoms with E-state index in [1.165, 1.54) is 32.3 Å². The summed E-state index contributed by atoms with van der Waals surface area (Å²) in [7, 11) is 0. The first-order valence-electron chi connectivity index (χ1n) is 9.05. The largest absolute Gasteiger partial charge is 0.506 e. The minimum Gasteiger partial charge on any atom is -0.506 e. The summed E-state index contributed by atoms with van der Waals surface area (Å²) in [6.07, 6.45) is 0. The average molecular weight is 345 g/mol. The molecule has 0 unspecified atom stereocenters. The first-order chi connectivity index (χ1) is 13.3. The molecule has 0 bridgehead atoms. The molecule has 0 saturated heterocycles. The molecule has 0 atom stereocenters. The minimum atomic E-state index is 0.214. The Morgan fingerprint density at radius 1 is 0.593 bits per heavy atom. The number of fused-ring (bicyclic) bond motifs is 1. The van der Waals surface area contributed by atoms with Gasteiger partial charge in [0.15, 0.2) is 0 Å². The summed E-state index contributed by atoms with van der Waals surface area (Å²) in [6, 6.07) is 29.0. The van der Waals surface area contributed by atoms with Crippen LogP contribution in [-0.4, -0.2) is 10.1 Å². The van der Waals surface area contributed by atoms with Crippen molar-refractivity contribution in [1.82, 2.24) is 4.98 Å². The number of para-hydroxylation sites is 1.